The molecular formula is C18H13BrClN3O3. The molecule has 0 aliphatic heterocycles. The number of carboxylic acids is 1. The van der Waals surface area contributed by atoms with Crippen LogP contribution in [-0.4, -0.2) is 27.1 Å². The molecule has 0 amide bonds. The van der Waals surface area contributed by atoms with Crippen molar-refractivity contribution < 1.29 is 9.90 Å². The highest BCUT2D eigenvalue weighted by Gasteiger charge is 2.12. The van der Waals surface area contributed by atoms with Crippen LogP contribution in [0.5, 0.6) is 0 Å². The molecule has 0 aliphatic rings. The summed E-state index contributed by atoms with van der Waals surface area (Å²) in [5.41, 5.74) is 1.83. The molecule has 2 aromatic carbocycles. The summed E-state index contributed by atoms with van der Waals surface area (Å²) in [6, 6.07) is 11.7. The number of aromatic carboxylic acids is 1. The summed E-state index contributed by atoms with van der Waals surface area (Å²) >= 11 is 9.20. The number of H-pyrrole nitrogens is 1. The topological polar surface area (TPSA) is 87.5 Å². The molecular weight excluding hydrogens is 422 g/mol. The summed E-state index contributed by atoms with van der Waals surface area (Å²) < 4.78 is 2.34. The number of hydrogen-bond donors (Lipinski definition) is 2. The van der Waals surface area contributed by atoms with Crippen LogP contribution < -0.4 is 5.56 Å². The molecule has 0 atom stereocenters. The lowest BCUT2D eigenvalue weighted by Crippen LogP contribution is -2.17. The third-order valence-corrected chi connectivity index (χ3v) is 4.58. The number of hydrogen-bond acceptors (Lipinski definition) is 3. The van der Waals surface area contributed by atoms with Crippen LogP contribution in [0.4, 0.5) is 5.69 Å². The van der Waals surface area contributed by atoms with Crippen molar-refractivity contribution in [1.29, 1.82) is 0 Å². The molecule has 6 nitrogen and oxygen atoms in total. The number of aryl methyl sites for hydroxylation is 1. The molecule has 0 radical (unpaired) electrons. The van der Waals surface area contributed by atoms with E-state index >= 15 is 0 Å². The molecule has 3 rings (SSSR count). The van der Waals surface area contributed by atoms with Gasteiger partial charge in [0.15, 0.2) is 0 Å². The minimum atomic E-state index is -1.14. The van der Waals surface area contributed by atoms with Crippen LogP contribution >= 0.6 is 27.5 Å². The van der Waals surface area contributed by atoms with Crippen LogP contribution in [-0.2, 0) is 0 Å². The van der Waals surface area contributed by atoms with Gasteiger partial charge in [0.05, 0.1) is 27.5 Å². The Kier molecular flexibility index (Phi) is 5.11. The number of benzene rings is 2. The lowest BCUT2D eigenvalue weighted by atomic mass is 10.2. The predicted octanol–water partition coefficient (Wildman–Crippen LogP) is 4.34. The lowest BCUT2D eigenvalue weighted by Gasteiger charge is -2.00. The summed E-state index contributed by atoms with van der Waals surface area (Å²) in [6.45, 7) is 1.77. The van der Waals surface area contributed by atoms with Crippen molar-refractivity contribution in [2.24, 2.45) is 4.99 Å². The molecule has 1 aromatic heterocycles. The van der Waals surface area contributed by atoms with Gasteiger partial charge in [0.1, 0.15) is 0 Å². The molecule has 2 N–H and O–H groups in total. The number of halogens is 2. The summed E-state index contributed by atoms with van der Waals surface area (Å²) in [5.74, 6) is -1.14. The highest BCUT2D eigenvalue weighted by Crippen LogP contribution is 2.22. The fourth-order valence-corrected chi connectivity index (χ4v) is 2.84. The van der Waals surface area contributed by atoms with Crippen LogP contribution in [0, 0.1) is 6.92 Å². The molecule has 132 valence electrons. The van der Waals surface area contributed by atoms with Crippen molar-refractivity contribution in [3.63, 3.8) is 0 Å². The van der Waals surface area contributed by atoms with Gasteiger partial charge in [-0.2, -0.15) is 0 Å². The van der Waals surface area contributed by atoms with Crippen molar-refractivity contribution in [2.75, 3.05) is 0 Å². The molecule has 0 spiro atoms. The molecule has 1 heterocycles. The summed E-state index contributed by atoms with van der Waals surface area (Å²) in [6.07, 6.45) is 1.42. The Morgan fingerprint density at radius 1 is 1.27 bits per heavy atom. The molecule has 0 bridgehead atoms. The Labute approximate surface area is 161 Å². The Bertz CT molecular complexity index is 1070. The predicted molar refractivity (Wildman–Crippen MR) is 104 cm³/mol. The fourth-order valence-electron chi connectivity index (χ4n) is 2.38. The van der Waals surface area contributed by atoms with Gasteiger partial charge in [-0.1, -0.05) is 27.5 Å². The van der Waals surface area contributed by atoms with Gasteiger partial charge in [-0.25, -0.2) is 9.48 Å². The standard InChI is InChI=1S/C18H13BrClN3O3/c1-10-15(9-21-12-4-7-16(20)14(8-12)18(25)26)17(24)23(22-10)13-5-2-11(19)3-6-13/h2-9,22H,1H3,(H,25,26). The van der Waals surface area contributed by atoms with Crippen LogP contribution in [0.1, 0.15) is 21.6 Å². The second kappa shape index (κ2) is 7.31. The van der Waals surface area contributed by atoms with Crippen LogP contribution in [0.15, 0.2) is 56.7 Å². The van der Waals surface area contributed by atoms with Crippen molar-refractivity contribution in [2.45, 2.75) is 6.92 Å². The second-order valence-corrected chi connectivity index (χ2v) is 6.82. The van der Waals surface area contributed by atoms with Gasteiger partial charge in [-0.15, -0.1) is 0 Å². The van der Waals surface area contributed by atoms with E-state index in [0.717, 1.165) is 4.47 Å². The molecule has 3 aromatic rings. The van der Waals surface area contributed by atoms with Gasteiger partial charge >= 0.3 is 5.97 Å². The number of nitrogens with one attached hydrogen (secondary N) is 1. The van der Waals surface area contributed by atoms with E-state index in [2.05, 4.69) is 26.0 Å². The molecule has 26 heavy (non-hydrogen) atoms. The number of aliphatic imine (C=N–C) groups is 1. The number of aromatic nitrogens is 2. The summed E-state index contributed by atoms with van der Waals surface area (Å²) in [4.78, 5) is 28.0. The number of carboxylic acid groups (broad SMARTS) is 1. The zero-order chi connectivity index (χ0) is 18.8. The Morgan fingerprint density at radius 2 is 1.96 bits per heavy atom. The Balaban J connectivity index is 1.97. The van der Waals surface area contributed by atoms with Gasteiger partial charge in [0.25, 0.3) is 5.56 Å². The third kappa shape index (κ3) is 3.63. The number of carbonyl (C=O) groups is 1. The first-order valence-corrected chi connectivity index (χ1v) is 8.68. The SMILES string of the molecule is Cc1[nH]n(-c2ccc(Br)cc2)c(=O)c1C=Nc1ccc(Cl)c(C(=O)O)c1. The van der Waals surface area contributed by atoms with Crippen molar-refractivity contribution >= 4 is 45.4 Å². The number of rotatable bonds is 4. The van der Waals surface area contributed by atoms with Crippen LogP contribution in [0.3, 0.4) is 0 Å². The third-order valence-electron chi connectivity index (χ3n) is 3.72. The minimum Gasteiger partial charge on any atom is -0.478 e. The van der Waals surface area contributed by atoms with Crippen molar-refractivity contribution in [3.8, 4) is 5.69 Å². The quantitative estimate of drug-likeness (QED) is 0.599. The van der Waals surface area contributed by atoms with Gasteiger partial charge in [-0.3, -0.25) is 14.9 Å². The zero-order valence-corrected chi connectivity index (χ0v) is 15.9. The zero-order valence-electron chi connectivity index (χ0n) is 13.5. The van der Waals surface area contributed by atoms with Gasteiger partial charge in [-0.05, 0) is 49.4 Å². The summed E-state index contributed by atoms with van der Waals surface area (Å²) in [5, 5.41) is 12.3. The minimum absolute atomic E-state index is 0.0422. The number of nitrogens with zero attached hydrogens (tertiary/aromatic N) is 2. The van der Waals surface area contributed by atoms with Crippen LogP contribution in [0.2, 0.25) is 5.02 Å². The Morgan fingerprint density at radius 3 is 2.62 bits per heavy atom. The first-order chi connectivity index (χ1) is 12.4. The lowest BCUT2D eigenvalue weighted by molar-refractivity contribution is 0.0697. The van der Waals surface area contributed by atoms with E-state index in [4.69, 9.17) is 16.7 Å². The largest absolute Gasteiger partial charge is 0.478 e. The molecule has 0 unspecified atom stereocenters. The summed E-state index contributed by atoms with van der Waals surface area (Å²) in [7, 11) is 0. The molecule has 0 saturated carbocycles. The van der Waals surface area contributed by atoms with Gasteiger partial charge in [0.2, 0.25) is 0 Å². The molecule has 8 heteroatoms. The van der Waals surface area contributed by atoms with Gasteiger partial charge in [0, 0.05) is 16.4 Å². The van der Waals surface area contributed by atoms with Gasteiger partial charge < -0.3 is 5.11 Å². The van der Waals surface area contributed by atoms with E-state index in [9.17, 15) is 9.59 Å². The fraction of sp³-hybridized carbons (Fsp3) is 0.0556. The Hall–Kier alpha value is -2.64. The normalized spacial score (nSPS) is 11.2. The van der Waals surface area contributed by atoms with Crippen molar-refractivity contribution in [3.05, 3.63) is 79.1 Å². The van der Waals surface area contributed by atoms with Crippen LogP contribution in [0.25, 0.3) is 5.69 Å². The molecule has 0 fully saturated rings. The maximum atomic E-state index is 12.6. The van der Waals surface area contributed by atoms with E-state index in [1.54, 1.807) is 25.1 Å². The second-order valence-electron chi connectivity index (χ2n) is 5.49. The smallest absolute Gasteiger partial charge is 0.337 e. The van der Waals surface area contributed by atoms with E-state index in [1.165, 1.54) is 23.0 Å². The first-order valence-electron chi connectivity index (χ1n) is 7.51. The first kappa shape index (κ1) is 18.2. The number of aromatic amines is 1. The average Bonchev–Trinajstić information content (AvgIpc) is 2.89. The van der Waals surface area contributed by atoms with E-state index in [0.29, 0.717) is 22.6 Å². The maximum absolute atomic E-state index is 12.6. The molecule has 0 aliphatic carbocycles. The highest BCUT2D eigenvalue weighted by molar-refractivity contribution is 9.10. The van der Waals surface area contributed by atoms with E-state index < -0.39 is 5.97 Å². The van der Waals surface area contributed by atoms with E-state index in [-0.39, 0.29) is 16.1 Å². The molecule has 0 saturated heterocycles. The highest BCUT2D eigenvalue weighted by atomic mass is 79.9. The average molecular weight is 435 g/mol. The van der Waals surface area contributed by atoms with Crippen molar-refractivity contribution in [1.82, 2.24) is 9.78 Å². The maximum Gasteiger partial charge on any atom is 0.337 e. The monoisotopic (exact) mass is 433 g/mol. The van der Waals surface area contributed by atoms with E-state index in [1.807, 2.05) is 12.1 Å².